The van der Waals surface area contributed by atoms with Crippen molar-refractivity contribution in [1.82, 2.24) is 19.9 Å². The van der Waals surface area contributed by atoms with Crippen LogP contribution in [0, 0.1) is 4.77 Å². The number of carbonyl (C=O) groups is 1. The van der Waals surface area contributed by atoms with Gasteiger partial charge in [0.15, 0.2) is 4.77 Å². The molecule has 2 heterocycles. The van der Waals surface area contributed by atoms with Crippen LogP contribution in [0.1, 0.15) is 30.7 Å². The zero-order valence-electron chi connectivity index (χ0n) is 17.5. The second kappa shape index (κ2) is 10.5. The van der Waals surface area contributed by atoms with Gasteiger partial charge in [-0.05, 0) is 37.2 Å². The molecule has 32 heavy (non-hydrogen) atoms. The van der Waals surface area contributed by atoms with Crippen LogP contribution in [0.4, 0.5) is 0 Å². The average Bonchev–Trinajstić information content (AvgIpc) is 3.29. The van der Waals surface area contributed by atoms with E-state index in [1.54, 1.807) is 22.0 Å². The van der Waals surface area contributed by atoms with Gasteiger partial charge in [-0.3, -0.25) is 14.2 Å². The van der Waals surface area contributed by atoms with Crippen molar-refractivity contribution >= 4 is 40.4 Å². The summed E-state index contributed by atoms with van der Waals surface area (Å²) in [5.74, 6) is 0.0154. The number of aromatic amines is 1. The summed E-state index contributed by atoms with van der Waals surface area (Å²) in [5, 5.41) is 6.48. The molecule has 0 atom stereocenters. The lowest BCUT2D eigenvalue weighted by Gasteiger charge is -2.08. The predicted molar refractivity (Wildman–Crippen MR) is 131 cm³/mol. The zero-order valence-corrected chi connectivity index (χ0v) is 19.2. The second-order valence-electron chi connectivity index (χ2n) is 7.51. The largest absolute Gasteiger partial charge is 0.350 e. The molecule has 2 aromatic heterocycles. The molecular formula is C24H24N4O2S2. The monoisotopic (exact) mass is 464 g/mol. The van der Waals surface area contributed by atoms with E-state index in [0.29, 0.717) is 29.7 Å². The standard InChI is InChI=1S/C24H24N4O2S2/c29-21(25-15-22-26-20(16-32-22)17-9-3-1-4-10-17)13-5-2-8-14-28-23(30)18-11-6-7-12-19(18)27-24(28)31/h1,3-4,6-7,9-12,16H,2,5,8,13-15H2,(H,25,29)(H,27,31). The van der Waals surface area contributed by atoms with Crippen molar-refractivity contribution < 1.29 is 4.79 Å². The molecule has 2 aromatic carbocycles. The molecule has 164 valence electrons. The predicted octanol–water partition coefficient (Wildman–Crippen LogP) is 5.06. The molecule has 0 unspecified atom stereocenters. The Kier molecular flexibility index (Phi) is 7.24. The van der Waals surface area contributed by atoms with Gasteiger partial charge < -0.3 is 10.3 Å². The third-order valence-electron chi connectivity index (χ3n) is 5.23. The molecule has 0 aliphatic heterocycles. The van der Waals surface area contributed by atoms with Crippen LogP contribution >= 0.6 is 23.6 Å². The molecule has 0 fully saturated rings. The fourth-order valence-corrected chi connectivity index (χ4v) is 4.56. The Balaban J connectivity index is 1.20. The van der Waals surface area contributed by atoms with Gasteiger partial charge in [0.1, 0.15) is 5.01 Å². The summed E-state index contributed by atoms with van der Waals surface area (Å²) in [6.45, 7) is 0.986. The number of carbonyl (C=O) groups excluding carboxylic acids is 1. The van der Waals surface area contributed by atoms with Gasteiger partial charge in [-0.2, -0.15) is 0 Å². The van der Waals surface area contributed by atoms with Crippen LogP contribution in [-0.4, -0.2) is 20.4 Å². The molecule has 0 aliphatic rings. The van der Waals surface area contributed by atoms with Crippen molar-refractivity contribution in [3.05, 3.63) is 80.1 Å². The van der Waals surface area contributed by atoms with E-state index >= 15 is 0 Å². The van der Waals surface area contributed by atoms with Gasteiger partial charge in [0.25, 0.3) is 5.56 Å². The van der Waals surface area contributed by atoms with Crippen LogP contribution in [0.2, 0.25) is 0 Å². The summed E-state index contributed by atoms with van der Waals surface area (Å²) < 4.78 is 2.04. The normalized spacial score (nSPS) is 11.0. The quantitative estimate of drug-likeness (QED) is 0.268. The molecule has 0 bridgehead atoms. The van der Waals surface area contributed by atoms with E-state index in [-0.39, 0.29) is 11.5 Å². The van der Waals surface area contributed by atoms with E-state index in [9.17, 15) is 9.59 Å². The fraction of sp³-hybridized carbons (Fsp3) is 0.250. The maximum atomic E-state index is 12.6. The van der Waals surface area contributed by atoms with E-state index in [0.717, 1.165) is 41.0 Å². The smallest absolute Gasteiger partial charge is 0.262 e. The number of rotatable bonds is 9. The number of para-hydroxylation sites is 1. The van der Waals surface area contributed by atoms with Crippen LogP contribution in [-0.2, 0) is 17.9 Å². The van der Waals surface area contributed by atoms with E-state index < -0.39 is 0 Å². The molecule has 0 saturated carbocycles. The Labute approximate surface area is 195 Å². The van der Waals surface area contributed by atoms with Crippen LogP contribution < -0.4 is 10.9 Å². The molecule has 0 saturated heterocycles. The third kappa shape index (κ3) is 5.38. The Hall–Kier alpha value is -3.10. The number of nitrogens with zero attached hydrogens (tertiary/aromatic N) is 2. The molecule has 0 spiro atoms. The fourth-order valence-electron chi connectivity index (χ4n) is 3.53. The minimum absolute atomic E-state index is 0.0154. The Morgan fingerprint density at radius 1 is 1.06 bits per heavy atom. The lowest BCUT2D eigenvalue weighted by atomic mass is 10.2. The number of hydrogen-bond donors (Lipinski definition) is 2. The highest BCUT2D eigenvalue weighted by Gasteiger charge is 2.08. The van der Waals surface area contributed by atoms with Crippen molar-refractivity contribution in [1.29, 1.82) is 0 Å². The molecule has 1 amide bonds. The molecule has 0 aliphatic carbocycles. The van der Waals surface area contributed by atoms with Crippen molar-refractivity contribution in [3.8, 4) is 11.3 Å². The van der Waals surface area contributed by atoms with Gasteiger partial charge in [-0.25, -0.2) is 4.98 Å². The van der Waals surface area contributed by atoms with Crippen LogP contribution in [0.15, 0.2) is 64.8 Å². The first-order chi connectivity index (χ1) is 15.6. The minimum Gasteiger partial charge on any atom is -0.350 e. The first kappa shape index (κ1) is 22.1. The summed E-state index contributed by atoms with van der Waals surface area (Å²) in [6.07, 6.45) is 2.85. The van der Waals surface area contributed by atoms with E-state index in [1.165, 1.54) is 0 Å². The van der Waals surface area contributed by atoms with Gasteiger partial charge >= 0.3 is 0 Å². The number of unbranched alkanes of at least 4 members (excludes halogenated alkanes) is 2. The van der Waals surface area contributed by atoms with Gasteiger partial charge in [0.05, 0.1) is 23.1 Å². The number of fused-ring (bicyclic) bond motifs is 1. The summed E-state index contributed by atoms with van der Waals surface area (Å²) in [4.78, 5) is 32.5. The Morgan fingerprint density at radius 3 is 2.69 bits per heavy atom. The van der Waals surface area contributed by atoms with Crippen LogP contribution in [0.5, 0.6) is 0 Å². The third-order valence-corrected chi connectivity index (χ3v) is 6.40. The zero-order chi connectivity index (χ0) is 22.3. The van der Waals surface area contributed by atoms with Crippen molar-refractivity contribution in [3.63, 3.8) is 0 Å². The maximum Gasteiger partial charge on any atom is 0.262 e. The van der Waals surface area contributed by atoms with E-state index in [1.807, 2.05) is 53.9 Å². The number of amides is 1. The van der Waals surface area contributed by atoms with Crippen molar-refractivity contribution in [2.45, 2.75) is 38.8 Å². The number of aromatic nitrogens is 3. The van der Waals surface area contributed by atoms with Crippen molar-refractivity contribution in [2.75, 3.05) is 0 Å². The van der Waals surface area contributed by atoms with Gasteiger partial charge in [0.2, 0.25) is 5.91 Å². The van der Waals surface area contributed by atoms with Gasteiger partial charge in [-0.15, -0.1) is 11.3 Å². The Bertz CT molecular complexity index is 1330. The van der Waals surface area contributed by atoms with Crippen LogP contribution in [0.25, 0.3) is 22.2 Å². The van der Waals surface area contributed by atoms with Gasteiger partial charge in [-0.1, -0.05) is 48.9 Å². The topological polar surface area (TPSA) is 79.8 Å². The number of benzene rings is 2. The number of hydrogen-bond acceptors (Lipinski definition) is 5. The highest BCUT2D eigenvalue weighted by Crippen LogP contribution is 2.21. The highest BCUT2D eigenvalue weighted by molar-refractivity contribution is 7.71. The van der Waals surface area contributed by atoms with E-state index in [4.69, 9.17) is 12.2 Å². The lowest BCUT2D eigenvalue weighted by Crippen LogP contribution is -2.23. The number of H-pyrrole nitrogens is 1. The molecular weight excluding hydrogens is 440 g/mol. The summed E-state index contributed by atoms with van der Waals surface area (Å²) in [7, 11) is 0. The number of thiazole rings is 1. The lowest BCUT2D eigenvalue weighted by molar-refractivity contribution is -0.121. The summed E-state index contributed by atoms with van der Waals surface area (Å²) >= 11 is 6.89. The second-order valence-corrected chi connectivity index (χ2v) is 8.84. The molecule has 8 heteroatoms. The van der Waals surface area contributed by atoms with Gasteiger partial charge in [0, 0.05) is 23.9 Å². The summed E-state index contributed by atoms with van der Waals surface area (Å²) in [5.41, 5.74) is 2.70. The Morgan fingerprint density at radius 2 is 1.84 bits per heavy atom. The molecule has 2 N–H and O–H groups in total. The first-order valence-corrected chi connectivity index (χ1v) is 11.9. The maximum absolute atomic E-state index is 12.6. The molecule has 4 rings (SSSR count). The van der Waals surface area contributed by atoms with E-state index in [2.05, 4.69) is 15.3 Å². The van der Waals surface area contributed by atoms with Crippen LogP contribution in [0.3, 0.4) is 0 Å². The highest BCUT2D eigenvalue weighted by atomic mass is 32.1. The van der Waals surface area contributed by atoms with Crippen molar-refractivity contribution in [2.24, 2.45) is 0 Å². The number of nitrogens with one attached hydrogen (secondary N) is 2. The SMILES string of the molecule is O=C(CCCCCn1c(=S)[nH]c2ccccc2c1=O)NCc1nc(-c2ccccc2)cs1. The molecule has 4 aromatic rings. The molecule has 0 radical (unpaired) electrons. The molecule has 6 nitrogen and oxygen atoms in total. The average molecular weight is 465 g/mol. The summed E-state index contributed by atoms with van der Waals surface area (Å²) in [6, 6.07) is 17.4. The minimum atomic E-state index is -0.0691. The first-order valence-electron chi connectivity index (χ1n) is 10.6.